The average Bonchev–Trinajstić information content (AvgIpc) is 2.68. The highest BCUT2D eigenvalue weighted by atomic mass is 35.5. The van der Waals surface area contributed by atoms with E-state index in [0.29, 0.717) is 17.2 Å². The first kappa shape index (κ1) is 24.5. The van der Waals surface area contributed by atoms with Crippen molar-refractivity contribution in [1.82, 2.24) is 5.32 Å². The smallest absolute Gasteiger partial charge is 0.328 e. The van der Waals surface area contributed by atoms with Crippen molar-refractivity contribution in [2.24, 2.45) is 0 Å². The number of nitrogens with one attached hydrogen (secondary N) is 1. The van der Waals surface area contributed by atoms with Crippen LogP contribution < -0.4 is 5.32 Å². The van der Waals surface area contributed by atoms with E-state index in [1.54, 1.807) is 31.2 Å². The Labute approximate surface area is 175 Å². The molecule has 0 spiro atoms. The number of esters is 1. The van der Waals surface area contributed by atoms with Crippen LogP contribution in [0.25, 0.3) is 0 Å². The van der Waals surface area contributed by atoms with Gasteiger partial charge >= 0.3 is 5.97 Å². The number of carbonyl (C=O) groups excluding carboxylic acids is 2. The standard InChI is InChI=1S/C23H36ClNO3/c1-3-4-5-6-7-8-9-10-11-12-15-18-28-23(27)19(2)25-22(26)20-16-13-14-17-21(20)24/h13-14,16-17,19H,3-12,15,18H2,1-2H3,(H,25,26). The normalized spacial score (nSPS) is 11.8. The summed E-state index contributed by atoms with van der Waals surface area (Å²) < 4.78 is 5.27. The van der Waals surface area contributed by atoms with E-state index in [1.807, 2.05) is 0 Å². The number of carbonyl (C=O) groups is 2. The van der Waals surface area contributed by atoms with Gasteiger partial charge < -0.3 is 10.1 Å². The summed E-state index contributed by atoms with van der Waals surface area (Å²) in [4.78, 5) is 24.2. The minimum Gasteiger partial charge on any atom is -0.464 e. The molecular formula is C23H36ClNO3. The molecule has 0 bridgehead atoms. The van der Waals surface area contributed by atoms with Crippen LogP contribution in [0, 0.1) is 0 Å². The van der Waals surface area contributed by atoms with E-state index < -0.39 is 12.0 Å². The fraction of sp³-hybridized carbons (Fsp3) is 0.652. The van der Waals surface area contributed by atoms with E-state index in [9.17, 15) is 9.59 Å². The van der Waals surface area contributed by atoms with Crippen LogP contribution in [-0.2, 0) is 9.53 Å². The maximum absolute atomic E-state index is 12.2. The van der Waals surface area contributed by atoms with Gasteiger partial charge in [-0.25, -0.2) is 4.79 Å². The Morgan fingerprint density at radius 2 is 1.46 bits per heavy atom. The van der Waals surface area contributed by atoms with Crippen molar-refractivity contribution in [3.05, 3.63) is 34.9 Å². The minimum atomic E-state index is -0.698. The Kier molecular flexibility index (Phi) is 13.5. The zero-order valence-corrected chi connectivity index (χ0v) is 18.2. The topological polar surface area (TPSA) is 55.4 Å². The number of halogens is 1. The van der Waals surface area contributed by atoms with Crippen LogP contribution in [0.4, 0.5) is 0 Å². The predicted molar refractivity (Wildman–Crippen MR) is 116 cm³/mol. The third-order valence-corrected chi connectivity index (χ3v) is 5.14. The number of amides is 1. The molecule has 28 heavy (non-hydrogen) atoms. The van der Waals surface area contributed by atoms with Crippen molar-refractivity contribution in [1.29, 1.82) is 0 Å². The monoisotopic (exact) mass is 409 g/mol. The third-order valence-electron chi connectivity index (χ3n) is 4.81. The Balaban J connectivity index is 2.04. The summed E-state index contributed by atoms with van der Waals surface area (Å²) in [6.45, 7) is 4.27. The zero-order chi connectivity index (χ0) is 20.6. The van der Waals surface area contributed by atoms with Gasteiger partial charge in [-0.3, -0.25) is 4.79 Å². The summed E-state index contributed by atoms with van der Waals surface area (Å²) in [7, 11) is 0. The summed E-state index contributed by atoms with van der Waals surface area (Å²) in [5, 5.41) is 2.99. The van der Waals surface area contributed by atoms with Crippen LogP contribution in [0.1, 0.15) is 94.8 Å². The predicted octanol–water partition coefficient (Wildman–Crippen LogP) is 6.31. The van der Waals surface area contributed by atoms with Gasteiger partial charge in [-0.05, 0) is 25.5 Å². The molecule has 5 heteroatoms. The van der Waals surface area contributed by atoms with Crippen LogP contribution in [-0.4, -0.2) is 24.5 Å². The van der Waals surface area contributed by atoms with Crippen LogP contribution in [0.3, 0.4) is 0 Å². The van der Waals surface area contributed by atoms with Gasteiger partial charge in [-0.1, -0.05) is 94.9 Å². The van der Waals surface area contributed by atoms with Gasteiger partial charge in [0, 0.05) is 0 Å². The van der Waals surface area contributed by atoms with Crippen LogP contribution in [0.5, 0.6) is 0 Å². The summed E-state index contributed by atoms with van der Waals surface area (Å²) in [6.07, 6.45) is 13.8. The summed E-state index contributed by atoms with van der Waals surface area (Å²) in [6, 6.07) is 6.06. The van der Waals surface area contributed by atoms with Gasteiger partial charge in [0.25, 0.3) is 5.91 Å². The van der Waals surface area contributed by atoms with Crippen LogP contribution >= 0.6 is 11.6 Å². The highest BCUT2D eigenvalue weighted by Gasteiger charge is 2.19. The molecule has 1 amide bonds. The first-order valence-corrected chi connectivity index (χ1v) is 11.2. The lowest BCUT2D eigenvalue weighted by molar-refractivity contribution is -0.145. The molecule has 0 aliphatic heterocycles. The van der Waals surface area contributed by atoms with E-state index in [4.69, 9.17) is 16.3 Å². The van der Waals surface area contributed by atoms with E-state index >= 15 is 0 Å². The summed E-state index contributed by atoms with van der Waals surface area (Å²) in [5.74, 6) is -0.780. The number of benzene rings is 1. The molecule has 0 aromatic heterocycles. The molecular weight excluding hydrogens is 374 g/mol. The van der Waals surface area contributed by atoms with Gasteiger partial charge in [0.1, 0.15) is 6.04 Å². The third kappa shape index (κ3) is 10.7. The first-order valence-electron chi connectivity index (χ1n) is 10.8. The van der Waals surface area contributed by atoms with E-state index in [-0.39, 0.29) is 5.91 Å². The molecule has 158 valence electrons. The number of rotatable bonds is 15. The molecule has 0 heterocycles. The molecule has 0 aliphatic carbocycles. The van der Waals surface area contributed by atoms with Crippen molar-refractivity contribution in [3.8, 4) is 0 Å². The molecule has 1 aromatic rings. The molecule has 1 unspecified atom stereocenters. The van der Waals surface area contributed by atoms with E-state index in [1.165, 1.54) is 57.8 Å². The van der Waals surface area contributed by atoms with Crippen molar-refractivity contribution in [2.75, 3.05) is 6.61 Å². The van der Waals surface area contributed by atoms with E-state index in [2.05, 4.69) is 12.2 Å². The number of unbranched alkanes of at least 4 members (excludes halogenated alkanes) is 10. The highest BCUT2D eigenvalue weighted by molar-refractivity contribution is 6.33. The Hall–Kier alpha value is -1.55. The second kappa shape index (κ2) is 15.4. The summed E-state index contributed by atoms with van der Waals surface area (Å²) in [5.41, 5.74) is 0.356. The van der Waals surface area contributed by atoms with Gasteiger partial charge in [-0.2, -0.15) is 0 Å². The number of hydrogen-bond acceptors (Lipinski definition) is 3. The molecule has 1 N–H and O–H groups in total. The van der Waals surface area contributed by atoms with Crippen LogP contribution in [0.2, 0.25) is 5.02 Å². The zero-order valence-electron chi connectivity index (χ0n) is 17.5. The van der Waals surface area contributed by atoms with Gasteiger partial charge in [0.15, 0.2) is 0 Å². The minimum absolute atomic E-state index is 0.356. The SMILES string of the molecule is CCCCCCCCCCCCCOC(=O)C(C)NC(=O)c1ccccc1Cl. The maximum Gasteiger partial charge on any atom is 0.328 e. The first-order chi connectivity index (χ1) is 13.6. The van der Waals surface area contributed by atoms with Gasteiger partial charge in [-0.15, -0.1) is 0 Å². The molecule has 1 rings (SSSR count). The molecule has 0 saturated heterocycles. The van der Waals surface area contributed by atoms with Crippen molar-refractivity contribution >= 4 is 23.5 Å². The Morgan fingerprint density at radius 3 is 2.04 bits per heavy atom. The molecule has 0 radical (unpaired) electrons. The second-order valence-corrected chi connectivity index (χ2v) is 7.79. The number of ether oxygens (including phenoxy) is 1. The second-order valence-electron chi connectivity index (χ2n) is 7.38. The fourth-order valence-electron chi connectivity index (χ4n) is 3.04. The largest absolute Gasteiger partial charge is 0.464 e. The lowest BCUT2D eigenvalue weighted by Crippen LogP contribution is -2.39. The lowest BCUT2D eigenvalue weighted by Gasteiger charge is -2.14. The summed E-state index contributed by atoms with van der Waals surface area (Å²) >= 11 is 6.00. The van der Waals surface area contributed by atoms with Crippen LogP contribution in [0.15, 0.2) is 24.3 Å². The molecule has 0 fully saturated rings. The molecule has 0 aliphatic rings. The quantitative estimate of drug-likeness (QED) is 0.272. The van der Waals surface area contributed by atoms with Gasteiger partial charge in [0.2, 0.25) is 0 Å². The average molecular weight is 410 g/mol. The maximum atomic E-state index is 12.2. The molecule has 4 nitrogen and oxygen atoms in total. The van der Waals surface area contributed by atoms with Crippen molar-refractivity contribution in [2.45, 2.75) is 90.5 Å². The molecule has 0 saturated carbocycles. The van der Waals surface area contributed by atoms with E-state index in [0.717, 1.165) is 12.8 Å². The molecule has 1 atom stereocenters. The molecule has 1 aromatic carbocycles. The van der Waals surface area contributed by atoms with Gasteiger partial charge in [0.05, 0.1) is 17.2 Å². The highest BCUT2D eigenvalue weighted by Crippen LogP contribution is 2.15. The Bertz CT molecular complexity index is 577. The van der Waals surface area contributed by atoms with Crippen molar-refractivity contribution in [3.63, 3.8) is 0 Å². The number of hydrogen-bond donors (Lipinski definition) is 1. The van der Waals surface area contributed by atoms with Crippen molar-refractivity contribution < 1.29 is 14.3 Å². The fourth-order valence-corrected chi connectivity index (χ4v) is 3.26. The lowest BCUT2D eigenvalue weighted by atomic mass is 10.1. The Morgan fingerprint density at radius 1 is 0.929 bits per heavy atom.